The van der Waals surface area contributed by atoms with E-state index in [0.29, 0.717) is 24.0 Å². The summed E-state index contributed by atoms with van der Waals surface area (Å²) in [5.41, 5.74) is 1.68. The third kappa shape index (κ3) is 3.69. The van der Waals surface area contributed by atoms with Crippen molar-refractivity contribution in [2.45, 2.75) is 31.3 Å². The van der Waals surface area contributed by atoms with Crippen LogP contribution < -0.4 is 10.1 Å². The van der Waals surface area contributed by atoms with Gasteiger partial charge in [-0.2, -0.15) is 0 Å². The van der Waals surface area contributed by atoms with E-state index in [-0.39, 0.29) is 24.3 Å². The molecule has 2 aliphatic heterocycles. The Morgan fingerprint density at radius 3 is 2.80 bits per heavy atom. The van der Waals surface area contributed by atoms with E-state index in [4.69, 9.17) is 30.5 Å². The van der Waals surface area contributed by atoms with Crippen LogP contribution in [0, 0.1) is 0 Å². The van der Waals surface area contributed by atoms with Crippen LogP contribution in [0.4, 0.5) is 11.5 Å². The highest BCUT2D eigenvalue weighted by Gasteiger charge is 2.50. The zero-order chi connectivity index (χ0) is 20.7. The van der Waals surface area contributed by atoms with Crippen molar-refractivity contribution in [3.05, 3.63) is 41.0 Å². The summed E-state index contributed by atoms with van der Waals surface area (Å²) in [4.78, 5) is 19.8. The fourth-order valence-corrected chi connectivity index (χ4v) is 4.71. The molecule has 1 aromatic carbocycles. The summed E-state index contributed by atoms with van der Waals surface area (Å²) in [5, 5.41) is 5.71. The van der Waals surface area contributed by atoms with E-state index < -0.39 is 6.10 Å². The fraction of sp³-hybridized carbons (Fsp3) is 0.350. The third-order valence-electron chi connectivity index (χ3n) is 5.00. The monoisotopic (exact) mass is 447 g/mol. The van der Waals surface area contributed by atoms with Crippen molar-refractivity contribution in [3.8, 4) is 5.75 Å². The van der Waals surface area contributed by atoms with Gasteiger partial charge in [-0.05, 0) is 29.6 Å². The Morgan fingerprint density at radius 2 is 2.00 bits per heavy atom. The number of hydrogen-bond acceptors (Lipinski definition) is 9. The molecule has 1 unspecified atom stereocenters. The van der Waals surface area contributed by atoms with Crippen LogP contribution in [-0.4, -0.2) is 53.6 Å². The number of aromatic nitrogens is 2. The number of halogens is 1. The van der Waals surface area contributed by atoms with Crippen LogP contribution >= 0.6 is 22.9 Å². The van der Waals surface area contributed by atoms with E-state index in [1.807, 2.05) is 17.5 Å². The minimum atomic E-state index is -0.412. The Morgan fingerprint density at radius 1 is 1.20 bits per heavy atom. The average molecular weight is 448 g/mol. The van der Waals surface area contributed by atoms with E-state index in [0.717, 1.165) is 21.7 Å². The summed E-state index contributed by atoms with van der Waals surface area (Å²) in [6, 6.07) is 7.39. The van der Waals surface area contributed by atoms with Crippen LogP contribution in [0.3, 0.4) is 0 Å². The number of rotatable bonds is 5. The van der Waals surface area contributed by atoms with Gasteiger partial charge in [0, 0.05) is 12.6 Å². The first-order valence-corrected chi connectivity index (χ1v) is 10.7. The maximum atomic E-state index is 11.2. The third-order valence-corrected chi connectivity index (χ3v) is 6.20. The maximum absolute atomic E-state index is 11.2. The molecule has 8 nitrogen and oxygen atoms in total. The molecule has 0 amide bonds. The number of benzene rings is 1. The highest BCUT2D eigenvalue weighted by Crippen LogP contribution is 2.36. The number of carbonyl (C=O) groups is 1. The van der Waals surface area contributed by atoms with Gasteiger partial charge in [0.1, 0.15) is 24.3 Å². The molecule has 156 valence electrons. The molecule has 2 fully saturated rings. The fourth-order valence-electron chi connectivity index (χ4n) is 3.70. The minimum absolute atomic E-state index is 0.293. The van der Waals surface area contributed by atoms with Crippen molar-refractivity contribution in [1.29, 1.82) is 0 Å². The van der Waals surface area contributed by atoms with Crippen LogP contribution in [0.25, 0.3) is 10.2 Å². The van der Waals surface area contributed by atoms with Crippen molar-refractivity contribution < 1.29 is 23.7 Å². The first-order valence-electron chi connectivity index (χ1n) is 9.40. The van der Waals surface area contributed by atoms with Crippen LogP contribution in [0.1, 0.15) is 6.92 Å². The van der Waals surface area contributed by atoms with Crippen LogP contribution in [-0.2, 0) is 19.0 Å². The topological polar surface area (TPSA) is 91.8 Å². The summed E-state index contributed by atoms with van der Waals surface area (Å²) in [6.07, 6.45) is 0.142. The molecule has 4 heterocycles. The molecule has 3 aromatic rings. The van der Waals surface area contributed by atoms with Gasteiger partial charge in [-0.1, -0.05) is 11.6 Å². The molecule has 2 aliphatic rings. The smallest absolute Gasteiger partial charge is 0.303 e. The first-order chi connectivity index (χ1) is 14.6. The minimum Gasteiger partial charge on any atom is -0.484 e. The predicted octanol–water partition coefficient (Wildman–Crippen LogP) is 3.57. The van der Waals surface area contributed by atoms with Crippen LogP contribution in [0.2, 0.25) is 5.02 Å². The summed E-state index contributed by atoms with van der Waals surface area (Å²) in [6.45, 7) is 2.00. The lowest BCUT2D eigenvalue weighted by Gasteiger charge is -2.19. The second-order valence-electron chi connectivity index (χ2n) is 7.03. The number of thiophene rings is 1. The lowest BCUT2D eigenvalue weighted by Crippen LogP contribution is -2.36. The molecule has 4 atom stereocenters. The number of hydrogen-bond donors (Lipinski definition) is 1. The largest absolute Gasteiger partial charge is 0.484 e. The van der Waals surface area contributed by atoms with Gasteiger partial charge >= 0.3 is 5.97 Å². The van der Waals surface area contributed by atoms with Gasteiger partial charge < -0.3 is 24.3 Å². The zero-order valence-corrected chi connectivity index (χ0v) is 17.5. The van der Waals surface area contributed by atoms with Crippen molar-refractivity contribution >= 4 is 50.6 Å². The molecule has 0 spiro atoms. The Labute approximate surface area is 181 Å². The first kappa shape index (κ1) is 19.5. The molecule has 0 saturated carbocycles. The van der Waals surface area contributed by atoms with E-state index in [9.17, 15) is 4.79 Å². The molecular weight excluding hydrogens is 430 g/mol. The Kier molecular flexibility index (Phi) is 5.20. The second kappa shape index (κ2) is 7.99. The number of nitrogens with zero attached hydrogens (tertiary/aromatic N) is 2. The highest BCUT2D eigenvalue weighted by molar-refractivity contribution is 7.17. The number of fused-ring (bicyclic) bond motifs is 2. The molecule has 5 rings (SSSR count). The van der Waals surface area contributed by atoms with Crippen molar-refractivity contribution in [2.24, 2.45) is 0 Å². The molecule has 1 N–H and O–H groups in total. The summed E-state index contributed by atoms with van der Waals surface area (Å²) in [7, 11) is 0. The van der Waals surface area contributed by atoms with Gasteiger partial charge in [0.05, 0.1) is 28.5 Å². The van der Waals surface area contributed by atoms with Gasteiger partial charge in [0.25, 0.3) is 0 Å². The van der Waals surface area contributed by atoms with E-state index >= 15 is 0 Å². The normalized spacial score (nSPS) is 25.3. The summed E-state index contributed by atoms with van der Waals surface area (Å²) in [5.74, 6) is 0.898. The number of ether oxygens (including phenoxy) is 4. The van der Waals surface area contributed by atoms with E-state index in [1.54, 1.807) is 23.5 Å². The quantitative estimate of drug-likeness (QED) is 0.593. The SMILES string of the molecule is CC(=O)O[C@H]1CO[C@H]2C1OC[C@@H]2Oc1ccc(Nc2ncnc3ccsc23)cc1Cl. The second-order valence-corrected chi connectivity index (χ2v) is 8.35. The van der Waals surface area contributed by atoms with Gasteiger partial charge in [-0.25, -0.2) is 9.97 Å². The lowest BCUT2D eigenvalue weighted by molar-refractivity contribution is -0.150. The zero-order valence-electron chi connectivity index (χ0n) is 15.9. The van der Waals surface area contributed by atoms with Gasteiger partial charge in [0.2, 0.25) is 0 Å². The maximum Gasteiger partial charge on any atom is 0.303 e. The average Bonchev–Trinajstić information content (AvgIpc) is 3.42. The lowest BCUT2D eigenvalue weighted by atomic mass is 10.1. The number of anilines is 2. The summed E-state index contributed by atoms with van der Waals surface area (Å²) < 4.78 is 23.8. The Bertz CT molecular complexity index is 1090. The molecule has 0 bridgehead atoms. The van der Waals surface area contributed by atoms with Gasteiger partial charge in [-0.15, -0.1) is 11.3 Å². The summed E-state index contributed by atoms with van der Waals surface area (Å²) >= 11 is 8.04. The predicted molar refractivity (Wildman–Crippen MR) is 112 cm³/mol. The Hall–Kier alpha value is -2.46. The molecule has 2 aromatic heterocycles. The molecule has 30 heavy (non-hydrogen) atoms. The molecule has 0 aliphatic carbocycles. The van der Waals surface area contributed by atoms with Crippen molar-refractivity contribution in [1.82, 2.24) is 9.97 Å². The number of carbonyl (C=O) groups excluding carboxylic acids is 1. The standard InChI is InChI=1S/C20H18ClN3O5S/c1-10(25)28-15-7-26-18-16(8-27-17(15)18)29-14-3-2-11(6-12(14)21)24-20-19-13(4-5-30-19)22-9-23-20/h2-6,9,15-18H,7-8H2,1H3,(H,22,23,24)/t15-,16-,17?,18+/m0/s1. The molecule has 2 saturated heterocycles. The van der Waals surface area contributed by atoms with E-state index in [2.05, 4.69) is 15.3 Å². The highest BCUT2D eigenvalue weighted by atomic mass is 35.5. The van der Waals surface area contributed by atoms with E-state index in [1.165, 1.54) is 13.3 Å². The number of esters is 1. The molecular formula is C20H18ClN3O5S. The van der Waals surface area contributed by atoms with Crippen LogP contribution in [0.15, 0.2) is 36.0 Å². The molecule has 0 radical (unpaired) electrons. The van der Waals surface area contributed by atoms with Gasteiger partial charge in [-0.3, -0.25) is 4.79 Å². The van der Waals surface area contributed by atoms with Crippen molar-refractivity contribution in [3.63, 3.8) is 0 Å². The Balaban J connectivity index is 1.28. The van der Waals surface area contributed by atoms with Gasteiger partial charge in [0.15, 0.2) is 18.0 Å². The van der Waals surface area contributed by atoms with Crippen molar-refractivity contribution in [2.75, 3.05) is 18.5 Å². The number of nitrogens with one attached hydrogen (secondary N) is 1. The van der Waals surface area contributed by atoms with Crippen LogP contribution in [0.5, 0.6) is 5.75 Å². The molecule has 10 heteroatoms.